The van der Waals surface area contributed by atoms with Gasteiger partial charge >= 0.3 is 11.9 Å². The first-order valence-corrected chi connectivity index (χ1v) is 9.38. The highest BCUT2D eigenvalue weighted by atomic mass is 32.2. The molecule has 7 nitrogen and oxygen atoms in total. The minimum absolute atomic E-state index is 0.0397. The van der Waals surface area contributed by atoms with E-state index in [1.54, 1.807) is 23.7 Å². The predicted octanol–water partition coefficient (Wildman–Crippen LogP) is 2.91. The van der Waals surface area contributed by atoms with E-state index in [1.807, 2.05) is 30.5 Å². The summed E-state index contributed by atoms with van der Waals surface area (Å²) < 4.78 is 27.0. The molecule has 10 heteroatoms. The van der Waals surface area contributed by atoms with Crippen LogP contribution < -0.4 is 5.32 Å². The number of thioether (sulfide) groups is 1. The van der Waals surface area contributed by atoms with E-state index >= 15 is 0 Å². The summed E-state index contributed by atoms with van der Waals surface area (Å²) in [6.45, 7) is 0.611. The van der Waals surface area contributed by atoms with Crippen molar-refractivity contribution < 1.29 is 33.4 Å². The van der Waals surface area contributed by atoms with Crippen LogP contribution in [0.5, 0.6) is 0 Å². The molecule has 3 N–H and O–H groups in total. The van der Waals surface area contributed by atoms with Gasteiger partial charge in [-0.1, -0.05) is 18.2 Å². The minimum Gasteiger partial charge on any atom is -0.473 e. The van der Waals surface area contributed by atoms with E-state index in [-0.39, 0.29) is 6.54 Å². The van der Waals surface area contributed by atoms with Crippen LogP contribution in [-0.2, 0) is 20.9 Å². The van der Waals surface area contributed by atoms with Gasteiger partial charge in [-0.2, -0.15) is 0 Å². The van der Waals surface area contributed by atoms with E-state index in [1.165, 1.54) is 11.0 Å². The molecule has 0 aliphatic rings. The highest BCUT2D eigenvalue weighted by Gasteiger charge is 2.13. The standard InChI is InChI=1S/C17H18F2N2OS.C2H2O4/c1-21(10-12-6-8-13(23-2)9-7-12)11-16(22)20-17-14(18)4-3-5-15(17)19;3-1(4)2(5)6/h3-9H,10-11H2,1-2H3,(H,20,22);(H,3,4)(H,5,6). The van der Waals surface area contributed by atoms with Crippen LogP contribution in [0.1, 0.15) is 5.56 Å². The van der Waals surface area contributed by atoms with Gasteiger partial charge in [0.15, 0.2) is 0 Å². The van der Waals surface area contributed by atoms with Crippen LogP contribution in [0.3, 0.4) is 0 Å². The zero-order valence-corrected chi connectivity index (χ0v) is 16.5. The molecule has 2 rings (SSSR count). The average Bonchev–Trinajstić information content (AvgIpc) is 2.65. The van der Waals surface area contributed by atoms with Crippen molar-refractivity contribution in [1.29, 1.82) is 0 Å². The summed E-state index contributed by atoms with van der Waals surface area (Å²) in [6.07, 6.45) is 2.01. The molecule has 0 atom stereocenters. The number of amides is 1. The fraction of sp³-hybridized carbons (Fsp3) is 0.211. The molecule has 156 valence electrons. The first-order chi connectivity index (χ1) is 13.6. The minimum atomic E-state index is -1.82. The number of hydrogen-bond acceptors (Lipinski definition) is 5. The summed E-state index contributed by atoms with van der Waals surface area (Å²) in [5, 5.41) is 17.1. The second-order valence-electron chi connectivity index (χ2n) is 5.78. The molecule has 0 radical (unpaired) electrons. The third-order valence-electron chi connectivity index (χ3n) is 3.44. The van der Waals surface area contributed by atoms with E-state index in [2.05, 4.69) is 5.32 Å². The number of nitrogens with one attached hydrogen (secondary N) is 1. The molecule has 0 aliphatic heterocycles. The second-order valence-corrected chi connectivity index (χ2v) is 6.66. The fourth-order valence-electron chi connectivity index (χ4n) is 2.14. The van der Waals surface area contributed by atoms with Crippen molar-refractivity contribution >= 4 is 35.3 Å². The van der Waals surface area contributed by atoms with Crippen molar-refractivity contribution in [1.82, 2.24) is 4.90 Å². The Bertz CT molecular complexity index is 830. The zero-order valence-electron chi connectivity index (χ0n) is 15.7. The molecule has 0 aliphatic carbocycles. The number of nitrogens with zero attached hydrogens (tertiary/aromatic N) is 1. The molecule has 0 spiro atoms. The molecule has 0 unspecified atom stereocenters. The molecular formula is C19H20F2N2O5S. The lowest BCUT2D eigenvalue weighted by atomic mass is 10.2. The Morgan fingerprint density at radius 2 is 1.52 bits per heavy atom. The van der Waals surface area contributed by atoms with Gasteiger partial charge in [0.2, 0.25) is 5.91 Å². The number of likely N-dealkylation sites (N-methyl/N-ethyl adjacent to an activating group) is 1. The Balaban J connectivity index is 0.000000612. The van der Waals surface area contributed by atoms with E-state index in [9.17, 15) is 13.6 Å². The summed E-state index contributed by atoms with van der Waals surface area (Å²) in [5.74, 6) is -5.68. The molecule has 2 aromatic carbocycles. The number of benzene rings is 2. The van der Waals surface area contributed by atoms with Crippen LogP contribution in [0, 0.1) is 11.6 Å². The third-order valence-corrected chi connectivity index (χ3v) is 4.18. The number of carbonyl (C=O) groups is 3. The van der Waals surface area contributed by atoms with E-state index < -0.39 is 35.2 Å². The lowest BCUT2D eigenvalue weighted by Gasteiger charge is -2.17. The zero-order chi connectivity index (χ0) is 22.0. The quantitative estimate of drug-likeness (QED) is 0.482. The Kier molecular flexibility index (Phi) is 9.76. The van der Waals surface area contributed by atoms with Crippen molar-refractivity contribution in [3.63, 3.8) is 0 Å². The van der Waals surface area contributed by atoms with Crippen molar-refractivity contribution in [2.24, 2.45) is 0 Å². The molecule has 2 aromatic rings. The van der Waals surface area contributed by atoms with E-state index in [0.717, 1.165) is 17.7 Å². The maximum Gasteiger partial charge on any atom is 0.414 e. The lowest BCUT2D eigenvalue weighted by Crippen LogP contribution is -2.30. The summed E-state index contributed by atoms with van der Waals surface area (Å²) in [7, 11) is 1.78. The van der Waals surface area contributed by atoms with Crippen LogP contribution in [0.2, 0.25) is 0 Å². The Hall–Kier alpha value is -2.98. The second kappa shape index (κ2) is 11.8. The highest BCUT2D eigenvalue weighted by Crippen LogP contribution is 2.18. The number of aliphatic carboxylic acids is 2. The molecule has 0 saturated heterocycles. The van der Waals surface area contributed by atoms with Gasteiger partial charge in [0.05, 0.1) is 6.54 Å². The number of halogens is 2. The number of hydrogen-bond donors (Lipinski definition) is 3. The number of carboxylic acids is 2. The molecule has 0 saturated carbocycles. The van der Waals surface area contributed by atoms with Crippen molar-refractivity contribution in [3.8, 4) is 0 Å². The lowest BCUT2D eigenvalue weighted by molar-refractivity contribution is -0.159. The fourth-order valence-corrected chi connectivity index (χ4v) is 2.55. The van der Waals surface area contributed by atoms with Crippen LogP contribution >= 0.6 is 11.8 Å². The average molecular weight is 426 g/mol. The maximum absolute atomic E-state index is 13.5. The molecule has 1 amide bonds. The van der Waals surface area contributed by atoms with Gasteiger partial charge < -0.3 is 15.5 Å². The molecular weight excluding hydrogens is 406 g/mol. The third kappa shape index (κ3) is 8.71. The van der Waals surface area contributed by atoms with Crippen LogP contribution in [0.4, 0.5) is 14.5 Å². The molecule has 0 bridgehead atoms. The SMILES string of the molecule is CSc1ccc(CN(C)CC(=O)Nc2c(F)cccc2F)cc1.O=C(O)C(=O)O. The molecule has 29 heavy (non-hydrogen) atoms. The summed E-state index contributed by atoms with van der Waals surface area (Å²) in [4.78, 5) is 33.1. The predicted molar refractivity (Wildman–Crippen MR) is 105 cm³/mol. The van der Waals surface area contributed by atoms with Crippen molar-refractivity contribution in [3.05, 3.63) is 59.7 Å². The summed E-state index contributed by atoms with van der Waals surface area (Å²) in [6, 6.07) is 11.5. The van der Waals surface area contributed by atoms with Gasteiger partial charge in [-0.05, 0) is 43.1 Å². The number of carbonyl (C=O) groups excluding carboxylic acids is 1. The molecule has 0 fully saturated rings. The van der Waals surface area contributed by atoms with Gasteiger partial charge in [-0.25, -0.2) is 18.4 Å². The van der Waals surface area contributed by atoms with E-state index in [4.69, 9.17) is 19.8 Å². The van der Waals surface area contributed by atoms with Crippen LogP contribution in [-0.4, -0.2) is 52.8 Å². The number of anilines is 1. The normalized spacial score (nSPS) is 10.1. The first kappa shape index (κ1) is 24.1. The Labute approximate surface area is 170 Å². The van der Waals surface area contributed by atoms with Crippen molar-refractivity contribution in [2.75, 3.05) is 25.2 Å². The Morgan fingerprint density at radius 3 is 1.97 bits per heavy atom. The van der Waals surface area contributed by atoms with Crippen LogP contribution in [0.15, 0.2) is 47.4 Å². The smallest absolute Gasteiger partial charge is 0.414 e. The van der Waals surface area contributed by atoms with Crippen LogP contribution in [0.25, 0.3) is 0 Å². The van der Waals surface area contributed by atoms with Gasteiger partial charge in [0, 0.05) is 11.4 Å². The number of rotatable bonds is 6. The number of carboxylic acid groups (broad SMARTS) is 2. The summed E-state index contributed by atoms with van der Waals surface area (Å²) in [5.41, 5.74) is 0.658. The summed E-state index contributed by atoms with van der Waals surface area (Å²) >= 11 is 1.66. The van der Waals surface area contributed by atoms with Gasteiger partial charge in [0.1, 0.15) is 17.3 Å². The number of para-hydroxylation sites is 1. The van der Waals surface area contributed by atoms with Gasteiger partial charge in [-0.15, -0.1) is 11.8 Å². The largest absolute Gasteiger partial charge is 0.473 e. The van der Waals surface area contributed by atoms with Gasteiger partial charge in [0.25, 0.3) is 0 Å². The van der Waals surface area contributed by atoms with Crippen molar-refractivity contribution in [2.45, 2.75) is 11.4 Å². The monoisotopic (exact) mass is 426 g/mol. The first-order valence-electron chi connectivity index (χ1n) is 8.15. The maximum atomic E-state index is 13.5. The topological polar surface area (TPSA) is 107 Å². The molecule has 0 heterocycles. The van der Waals surface area contributed by atoms with E-state index in [0.29, 0.717) is 6.54 Å². The van der Waals surface area contributed by atoms with Gasteiger partial charge in [-0.3, -0.25) is 9.69 Å². The Morgan fingerprint density at radius 1 is 1.00 bits per heavy atom. The highest BCUT2D eigenvalue weighted by molar-refractivity contribution is 7.98. The molecule has 0 aromatic heterocycles.